The summed E-state index contributed by atoms with van der Waals surface area (Å²) in [5.74, 6) is -0.267. The van der Waals surface area contributed by atoms with Crippen LogP contribution < -0.4 is 4.74 Å². The van der Waals surface area contributed by atoms with Crippen LogP contribution in [0.2, 0.25) is 0 Å². The summed E-state index contributed by atoms with van der Waals surface area (Å²) in [6.07, 6.45) is -0.211. The first-order valence-corrected chi connectivity index (χ1v) is 15.4. The van der Waals surface area contributed by atoms with E-state index in [-0.39, 0.29) is 17.6 Å². The Labute approximate surface area is 266 Å². The van der Waals surface area contributed by atoms with Gasteiger partial charge in [0.15, 0.2) is 12.0 Å². The predicted octanol–water partition coefficient (Wildman–Crippen LogP) is 8.38. The van der Waals surface area contributed by atoms with Gasteiger partial charge in [-0.2, -0.15) is 5.01 Å². The minimum absolute atomic E-state index is 0.198. The van der Waals surface area contributed by atoms with Crippen molar-refractivity contribution >= 4 is 60.5 Å². The summed E-state index contributed by atoms with van der Waals surface area (Å²) in [6.45, 7) is 3.34. The number of aromatic nitrogens is 1. The van der Waals surface area contributed by atoms with Crippen LogP contribution in [0.1, 0.15) is 25.8 Å². The van der Waals surface area contributed by atoms with Crippen molar-refractivity contribution in [1.82, 2.24) is 9.58 Å². The van der Waals surface area contributed by atoms with Crippen molar-refractivity contribution in [3.8, 4) is 28.1 Å². The molecular weight excluding hydrogens is 674 g/mol. The van der Waals surface area contributed by atoms with Crippen LogP contribution in [0, 0.1) is 0 Å². The molecule has 0 spiro atoms. The largest absolute Gasteiger partial charge is 0.450 e. The summed E-state index contributed by atoms with van der Waals surface area (Å²) in [5.41, 5.74) is 6.00. The molecule has 0 radical (unpaired) electrons. The van der Waals surface area contributed by atoms with E-state index in [1.165, 1.54) is 18.9 Å². The number of hydrazone groups is 1. The minimum Gasteiger partial charge on any atom is -0.450 e. The third kappa shape index (κ3) is 5.75. The van der Waals surface area contributed by atoms with Gasteiger partial charge in [-0.25, -0.2) is 0 Å². The summed E-state index contributed by atoms with van der Waals surface area (Å²) in [4.78, 5) is 24.6. The van der Waals surface area contributed by atoms with Gasteiger partial charge >= 0.3 is 5.97 Å². The van der Waals surface area contributed by atoms with Crippen molar-refractivity contribution in [2.45, 2.75) is 33.0 Å². The van der Waals surface area contributed by atoms with E-state index in [0.717, 1.165) is 37.8 Å². The number of esters is 1. The number of hydrogen-bond acceptors (Lipinski definition) is 5. The molecule has 1 aromatic heterocycles. The fraction of sp³-hybridized carbons (Fsp3) is 0.147. The number of carbonyl (C=O) groups is 2. The molecule has 9 heteroatoms. The standard InChI is InChI=1S/C34H27Br2N3O4/c1-21(40)39-30(43-34(37-39)27-19-25(35)20-28(36)33(27)42-22(2)41)17-18-38-29-16-10-9-15-26(29)31(23-11-5-3-6-12-23)32(38)24-13-7-4-8-14-24/h3-16,19-20,30H,17-18H2,1-2H3. The third-order valence-electron chi connectivity index (χ3n) is 7.21. The van der Waals surface area contributed by atoms with Gasteiger partial charge in [-0.15, -0.1) is 5.10 Å². The van der Waals surface area contributed by atoms with E-state index in [2.05, 4.69) is 96.1 Å². The van der Waals surface area contributed by atoms with Crippen molar-refractivity contribution in [3.63, 3.8) is 0 Å². The van der Waals surface area contributed by atoms with Crippen LogP contribution in [0.25, 0.3) is 33.3 Å². The van der Waals surface area contributed by atoms with Gasteiger partial charge in [-0.05, 0) is 45.3 Å². The summed E-state index contributed by atoms with van der Waals surface area (Å²) in [5, 5.41) is 7.03. The molecule has 6 rings (SSSR count). The highest BCUT2D eigenvalue weighted by atomic mass is 79.9. The number of nitrogens with zero attached hydrogens (tertiary/aromatic N) is 3. The molecule has 1 aliphatic heterocycles. The number of fused-ring (bicyclic) bond motifs is 1. The highest BCUT2D eigenvalue weighted by Crippen LogP contribution is 2.41. The van der Waals surface area contributed by atoms with Gasteiger partial charge in [-0.3, -0.25) is 9.59 Å². The van der Waals surface area contributed by atoms with Crippen LogP contribution in [0.15, 0.2) is 111 Å². The second-order valence-electron chi connectivity index (χ2n) is 10.1. The van der Waals surface area contributed by atoms with Crippen molar-refractivity contribution in [2.75, 3.05) is 0 Å². The van der Waals surface area contributed by atoms with Crippen molar-refractivity contribution in [2.24, 2.45) is 5.10 Å². The minimum atomic E-state index is -0.666. The maximum atomic E-state index is 12.8. The molecule has 4 aromatic carbocycles. The maximum absolute atomic E-state index is 12.8. The van der Waals surface area contributed by atoms with E-state index in [0.29, 0.717) is 23.0 Å². The normalized spacial score (nSPS) is 14.5. The summed E-state index contributed by atoms with van der Waals surface area (Å²) < 4.78 is 15.4. The van der Waals surface area contributed by atoms with E-state index >= 15 is 0 Å². The highest BCUT2D eigenvalue weighted by Gasteiger charge is 2.34. The fourth-order valence-corrected chi connectivity index (χ4v) is 6.78. The first kappa shape index (κ1) is 28.9. The van der Waals surface area contributed by atoms with Crippen molar-refractivity contribution in [1.29, 1.82) is 0 Å². The van der Waals surface area contributed by atoms with Gasteiger partial charge in [0.05, 0.1) is 15.7 Å². The molecule has 1 unspecified atom stereocenters. The topological polar surface area (TPSA) is 73.1 Å². The van der Waals surface area contributed by atoms with Crippen LogP contribution in [0.5, 0.6) is 5.75 Å². The molecule has 43 heavy (non-hydrogen) atoms. The van der Waals surface area contributed by atoms with Crippen LogP contribution in [0.4, 0.5) is 0 Å². The average molecular weight is 701 g/mol. The molecule has 0 saturated carbocycles. The Kier molecular flexibility index (Phi) is 8.19. The van der Waals surface area contributed by atoms with Crippen LogP contribution in [-0.2, 0) is 20.9 Å². The number of aryl methyl sites for hydroxylation is 1. The Morgan fingerprint density at radius 3 is 2.21 bits per heavy atom. The van der Waals surface area contributed by atoms with E-state index in [1.54, 1.807) is 12.1 Å². The fourth-order valence-electron chi connectivity index (χ4n) is 5.47. The number of rotatable bonds is 7. The first-order valence-electron chi connectivity index (χ1n) is 13.8. The molecule has 1 aliphatic rings. The van der Waals surface area contributed by atoms with Gasteiger partial charge in [0, 0.05) is 47.8 Å². The average Bonchev–Trinajstić information content (AvgIpc) is 3.58. The molecular formula is C34H27Br2N3O4. The smallest absolute Gasteiger partial charge is 0.308 e. The second kappa shape index (κ2) is 12.2. The lowest BCUT2D eigenvalue weighted by Gasteiger charge is -2.21. The van der Waals surface area contributed by atoms with Crippen molar-refractivity contribution in [3.05, 3.63) is 112 Å². The lowest BCUT2D eigenvalue weighted by molar-refractivity contribution is -0.135. The molecule has 0 saturated heterocycles. The van der Waals surface area contributed by atoms with Crippen LogP contribution in [-0.4, -0.2) is 33.6 Å². The Hall–Kier alpha value is -4.21. The monoisotopic (exact) mass is 699 g/mol. The molecule has 1 amide bonds. The van der Waals surface area contributed by atoms with Gasteiger partial charge in [-0.1, -0.05) is 94.8 Å². The lowest BCUT2D eigenvalue weighted by Crippen LogP contribution is -2.33. The molecule has 2 heterocycles. The zero-order valence-corrected chi connectivity index (χ0v) is 26.6. The van der Waals surface area contributed by atoms with E-state index < -0.39 is 12.2 Å². The SMILES string of the molecule is CC(=O)Oc1c(Br)cc(Br)cc1C1=NN(C(C)=O)C(CCn2c(-c3ccccc3)c(-c3ccccc3)c3ccccc32)O1. The first-order chi connectivity index (χ1) is 20.8. The van der Waals surface area contributed by atoms with Crippen LogP contribution in [0.3, 0.4) is 0 Å². The number of ether oxygens (including phenoxy) is 2. The predicted molar refractivity (Wildman–Crippen MR) is 175 cm³/mol. The lowest BCUT2D eigenvalue weighted by atomic mass is 9.98. The van der Waals surface area contributed by atoms with Gasteiger partial charge in [0.25, 0.3) is 0 Å². The van der Waals surface area contributed by atoms with E-state index in [9.17, 15) is 9.59 Å². The third-order valence-corrected chi connectivity index (χ3v) is 8.25. The highest BCUT2D eigenvalue weighted by molar-refractivity contribution is 9.11. The molecule has 7 nitrogen and oxygen atoms in total. The zero-order valence-electron chi connectivity index (χ0n) is 23.5. The Balaban J connectivity index is 1.40. The number of halogens is 2. The van der Waals surface area contributed by atoms with Gasteiger partial charge < -0.3 is 14.0 Å². The van der Waals surface area contributed by atoms with Crippen molar-refractivity contribution < 1.29 is 19.1 Å². The number of para-hydroxylation sites is 1. The summed E-state index contributed by atoms with van der Waals surface area (Å²) in [6, 6.07) is 32.6. The number of amides is 1. The van der Waals surface area contributed by atoms with E-state index in [1.807, 2.05) is 30.3 Å². The van der Waals surface area contributed by atoms with Gasteiger partial charge in [0.2, 0.25) is 11.8 Å². The Morgan fingerprint density at radius 1 is 0.884 bits per heavy atom. The molecule has 0 bridgehead atoms. The second-order valence-corrected chi connectivity index (χ2v) is 11.9. The number of carbonyl (C=O) groups excluding carboxylic acids is 2. The molecule has 0 aliphatic carbocycles. The molecule has 1 atom stereocenters. The molecule has 0 N–H and O–H groups in total. The quantitative estimate of drug-likeness (QED) is 0.126. The Morgan fingerprint density at radius 2 is 1.53 bits per heavy atom. The zero-order chi connectivity index (χ0) is 30.1. The summed E-state index contributed by atoms with van der Waals surface area (Å²) in [7, 11) is 0. The molecule has 5 aromatic rings. The van der Waals surface area contributed by atoms with Gasteiger partial charge in [0.1, 0.15) is 0 Å². The Bertz CT molecular complexity index is 1870. The number of hydrogen-bond donors (Lipinski definition) is 0. The molecule has 216 valence electrons. The summed E-state index contributed by atoms with van der Waals surface area (Å²) >= 11 is 6.96. The number of benzene rings is 4. The maximum Gasteiger partial charge on any atom is 0.308 e. The van der Waals surface area contributed by atoms with Crippen LogP contribution >= 0.6 is 31.9 Å². The van der Waals surface area contributed by atoms with E-state index in [4.69, 9.17) is 9.47 Å². The molecule has 0 fully saturated rings.